The van der Waals surface area contributed by atoms with Crippen molar-refractivity contribution >= 4 is 17.3 Å². The van der Waals surface area contributed by atoms with Crippen molar-refractivity contribution in [1.29, 1.82) is 0 Å². The lowest BCUT2D eigenvalue weighted by molar-refractivity contribution is -0.144. The Hall–Kier alpha value is -1.71. The lowest BCUT2D eigenvalue weighted by Crippen LogP contribution is -2.47. The summed E-state index contributed by atoms with van der Waals surface area (Å²) < 4.78 is 5.10. The molecule has 0 bridgehead atoms. The number of carbonyl (C=O) groups excluding carboxylic acids is 1. The van der Waals surface area contributed by atoms with Gasteiger partial charge in [-0.3, -0.25) is 0 Å². The number of ether oxygens (including phenoxy) is 1. The number of hydrogen-bond donors (Lipinski definition) is 0. The molecule has 0 radical (unpaired) electrons. The van der Waals surface area contributed by atoms with E-state index in [2.05, 4.69) is 29.0 Å². The molecule has 0 N–H and O–H groups in total. The number of esters is 1. The molecule has 0 fully saturated rings. The standard InChI is InChI=1S/C14H20N2O2/c1-4-18-14(17)11(2)16-10-9-15(3)12-7-5-6-8-13(12)16/h5-8,11H,4,9-10H2,1-3H3. The van der Waals surface area contributed by atoms with Crippen LogP contribution in [-0.4, -0.2) is 38.8 Å². The molecule has 0 aromatic heterocycles. The molecule has 1 heterocycles. The van der Waals surface area contributed by atoms with Gasteiger partial charge in [-0.25, -0.2) is 4.79 Å². The lowest BCUT2D eigenvalue weighted by Gasteiger charge is -2.39. The van der Waals surface area contributed by atoms with Gasteiger partial charge in [-0.15, -0.1) is 0 Å². The monoisotopic (exact) mass is 248 g/mol. The van der Waals surface area contributed by atoms with Crippen LogP contribution in [0.3, 0.4) is 0 Å². The Labute approximate surface area is 108 Å². The molecule has 4 nitrogen and oxygen atoms in total. The number of carbonyl (C=O) groups is 1. The first-order chi connectivity index (χ1) is 8.65. The zero-order valence-electron chi connectivity index (χ0n) is 11.2. The second-order valence-electron chi connectivity index (χ2n) is 4.53. The zero-order valence-corrected chi connectivity index (χ0v) is 11.2. The van der Waals surface area contributed by atoms with E-state index in [1.807, 2.05) is 26.0 Å². The molecule has 4 heteroatoms. The number of fused-ring (bicyclic) bond motifs is 1. The smallest absolute Gasteiger partial charge is 0.328 e. The third kappa shape index (κ3) is 2.28. The minimum atomic E-state index is -0.236. The maximum atomic E-state index is 11.9. The number of nitrogens with zero attached hydrogens (tertiary/aromatic N) is 2. The number of likely N-dealkylation sites (N-methyl/N-ethyl adjacent to an activating group) is 1. The summed E-state index contributed by atoms with van der Waals surface area (Å²) in [6.45, 7) is 5.93. The fourth-order valence-corrected chi connectivity index (χ4v) is 2.32. The number of anilines is 2. The third-order valence-corrected chi connectivity index (χ3v) is 3.37. The van der Waals surface area contributed by atoms with Crippen LogP contribution in [0.15, 0.2) is 24.3 Å². The van der Waals surface area contributed by atoms with Gasteiger partial charge >= 0.3 is 5.97 Å². The highest BCUT2D eigenvalue weighted by Gasteiger charge is 2.28. The van der Waals surface area contributed by atoms with Gasteiger partial charge in [0.25, 0.3) is 0 Å². The summed E-state index contributed by atoms with van der Waals surface area (Å²) in [5.74, 6) is -0.156. The molecular weight excluding hydrogens is 228 g/mol. The summed E-state index contributed by atoms with van der Waals surface area (Å²) in [4.78, 5) is 16.2. The van der Waals surface area contributed by atoms with Gasteiger partial charge in [-0.2, -0.15) is 0 Å². The molecule has 1 unspecified atom stereocenters. The molecular formula is C14H20N2O2. The fourth-order valence-electron chi connectivity index (χ4n) is 2.32. The van der Waals surface area contributed by atoms with Crippen LogP contribution in [0.1, 0.15) is 13.8 Å². The second-order valence-corrected chi connectivity index (χ2v) is 4.53. The topological polar surface area (TPSA) is 32.8 Å². The molecule has 0 aliphatic carbocycles. The Morgan fingerprint density at radius 2 is 2.00 bits per heavy atom. The molecule has 1 aliphatic rings. The summed E-state index contributed by atoms with van der Waals surface area (Å²) in [7, 11) is 2.07. The molecule has 0 amide bonds. The van der Waals surface area contributed by atoms with Crippen LogP contribution in [0.2, 0.25) is 0 Å². The van der Waals surface area contributed by atoms with Crippen LogP contribution >= 0.6 is 0 Å². The van der Waals surface area contributed by atoms with E-state index in [-0.39, 0.29) is 12.0 Å². The van der Waals surface area contributed by atoms with Gasteiger partial charge in [0.2, 0.25) is 0 Å². The molecule has 18 heavy (non-hydrogen) atoms. The Kier molecular flexibility index (Phi) is 3.75. The van der Waals surface area contributed by atoms with Gasteiger partial charge in [0.15, 0.2) is 0 Å². The van der Waals surface area contributed by atoms with E-state index < -0.39 is 0 Å². The molecule has 1 aromatic rings. The van der Waals surface area contributed by atoms with E-state index in [9.17, 15) is 4.79 Å². The number of rotatable bonds is 3. The fraction of sp³-hybridized carbons (Fsp3) is 0.500. The SMILES string of the molecule is CCOC(=O)C(C)N1CCN(C)c2ccccc21. The van der Waals surface area contributed by atoms with Crippen LogP contribution in [0.4, 0.5) is 11.4 Å². The normalized spacial score (nSPS) is 16.2. The highest BCUT2D eigenvalue weighted by Crippen LogP contribution is 2.33. The van der Waals surface area contributed by atoms with Crippen molar-refractivity contribution in [2.75, 3.05) is 36.5 Å². The summed E-state index contributed by atoms with van der Waals surface area (Å²) in [5, 5.41) is 0. The van der Waals surface area contributed by atoms with Crippen LogP contribution in [0.25, 0.3) is 0 Å². The van der Waals surface area contributed by atoms with E-state index in [4.69, 9.17) is 4.74 Å². The first kappa shape index (κ1) is 12.7. The molecule has 1 atom stereocenters. The van der Waals surface area contributed by atoms with Crippen LogP contribution in [0.5, 0.6) is 0 Å². The van der Waals surface area contributed by atoms with E-state index in [1.54, 1.807) is 0 Å². The maximum Gasteiger partial charge on any atom is 0.328 e. The maximum absolute atomic E-state index is 11.9. The Morgan fingerprint density at radius 1 is 1.33 bits per heavy atom. The number of hydrogen-bond acceptors (Lipinski definition) is 4. The van der Waals surface area contributed by atoms with Gasteiger partial charge in [0.1, 0.15) is 6.04 Å². The van der Waals surface area contributed by atoms with Crippen molar-refractivity contribution < 1.29 is 9.53 Å². The van der Waals surface area contributed by atoms with Gasteiger partial charge in [-0.1, -0.05) is 12.1 Å². The lowest BCUT2D eigenvalue weighted by atomic mass is 10.1. The van der Waals surface area contributed by atoms with E-state index in [1.165, 1.54) is 5.69 Å². The van der Waals surface area contributed by atoms with Crippen molar-refractivity contribution in [3.63, 3.8) is 0 Å². The van der Waals surface area contributed by atoms with Crippen LogP contribution in [0, 0.1) is 0 Å². The highest BCUT2D eigenvalue weighted by atomic mass is 16.5. The van der Waals surface area contributed by atoms with Gasteiger partial charge < -0.3 is 14.5 Å². The minimum Gasteiger partial charge on any atom is -0.464 e. The van der Waals surface area contributed by atoms with Crippen molar-refractivity contribution in [1.82, 2.24) is 0 Å². The van der Waals surface area contributed by atoms with Crippen molar-refractivity contribution in [2.24, 2.45) is 0 Å². The average molecular weight is 248 g/mol. The van der Waals surface area contributed by atoms with Crippen molar-refractivity contribution in [2.45, 2.75) is 19.9 Å². The largest absolute Gasteiger partial charge is 0.464 e. The van der Waals surface area contributed by atoms with E-state index >= 15 is 0 Å². The van der Waals surface area contributed by atoms with Gasteiger partial charge in [0.05, 0.1) is 18.0 Å². The molecule has 2 rings (SSSR count). The molecule has 0 spiro atoms. The van der Waals surface area contributed by atoms with E-state index in [0.29, 0.717) is 6.61 Å². The molecule has 0 saturated heterocycles. The van der Waals surface area contributed by atoms with E-state index in [0.717, 1.165) is 18.8 Å². The van der Waals surface area contributed by atoms with Crippen LogP contribution in [-0.2, 0) is 9.53 Å². The number of benzene rings is 1. The van der Waals surface area contributed by atoms with Crippen molar-refractivity contribution in [3.05, 3.63) is 24.3 Å². The number of para-hydroxylation sites is 2. The van der Waals surface area contributed by atoms with Crippen molar-refractivity contribution in [3.8, 4) is 0 Å². The molecule has 1 aromatic carbocycles. The Morgan fingerprint density at radius 3 is 2.67 bits per heavy atom. The quantitative estimate of drug-likeness (QED) is 0.765. The first-order valence-corrected chi connectivity index (χ1v) is 6.38. The molecule has 98 valence electrons. The third-order valence-electron chi connectivity index (χ3n) is 3.37. The predicted octanol–water partition coefficient (Wildman–Crippen LogP) is 1.89. The summed E-state index contributed by atoms with van der Waals surface area (Å²) in [6, 6.07) is 7.93. The van der Waals surface area contributed by atoms with Gasteiger partial charge in [0, 0.05) is 20.1 Å². The zero-order chi connectivity index (χ0) is 13.1. The Balaban J connectivity index is 2.25. The van der Waals surface area contributed by atoms with Crippen LogP contribution < -0.4 is 9.80 Å². The second kappa shape index (κ2) is 5.29. The highest BCUT2D eigenvalue weighted by molar-refractivity contribution is 5.83. The summed E-state index contributed by atoms with van der Waals surface area (Å²) in [6.07, 6.45) is 0. The van der Waals surface area contributed by atoms with Gasteiger partial charge in [-0.05, 0) is 26.0 Å². The summed E-state index contributed by atoms with van der Waals surface area (Å²) >= 11 is 0. The minimum absolute atomic E-state index is 0.156. The molecule has 0 saturated carbocycles. The predicted molar refractivity (Wildman–Crippen MR) is 73.2 cm³/mol. The Bertz CT molecular complexity index is 434. The first-order valence-electron chi connectivity index (χ1n) is 6.38. The molecule has 1 aliphatic heterocycles. The average Bonchev–Trinajstić information content (AvgIpc) is 2.39. The summed E-state index contributed by atoms with van der Waals surface area (Å²) in [5.41, 5.74) is 2.27.